The maximum atomic E-state index is 13.6. The number of nitro groups is 1. The number of benzene rings is 3. The molecule has 0 aliphatic heterocycles. The van der Waals surface area contributed by atoms with Gasteiger partial charge in [0.25, 0.3) is 5.56 Å². The number of para-hydroxylation sites is 1. The third kappa shape index (κ3) is 5.72. The predicted molar refractivity (Wildman–Crippen MR) is 158 cm³/mol. The van der Waals surface area contributed by atoms with Crippen LogP contribution in [0.5, 0.6) is 11.5 Å². The van der Waals surface area contributed by atoms with Gasteiger partial charge in [-0.15, -0.1) is 0 Å². The van der Waals surface area contributed by atoms with E-state index in [0.717, 1.165) is 4.68 Å². The number of esters is 1. The molecule has 0 bridgehead atoms. The molecule has 12 nitrogen and oxygen atoms in total. The molecule has 0 aliphatic rings. The lowest BCUT2D eigenvalue weighted by Crippen LogP contribution is -2.20. The van der Waals surface area contributed by atoms with E-state index < -0.39 is 28.7 Å². The van der Waals surface area contributed by atoms with Crippen molar-refractivity contribution in [1.82, 2.24) is 9.66 Å². The molecule has 42 heavy (non-hydrogen) atoms. The Morgan fingerprint density at radius 3 is 2.69 bits per heavy atom. The molecule has 2 aromatic heterocycles. The average Bonchev–Trinajstić information content (AvgIpc) is 3.40. The SMILES string of the molecule is COc1cccc2oc(-c3nc4ccccc4c(=O)n3N=Cc3cc(Br)c(OCC(=O)OC(C)C)c([N+](=O)[O-])c3)cc12. The standard InChI is InChI=1S/C29H23BrN4O8/c1-16(2)41-26(35)15-40-27-20(30)11-17(12-22(27)34(37)38)14-31-33-28(32-21-8-5-4-7-18(21)29(33)36)25-13-19-23(39-3)9-6-10-24(19)42-25/h4-14,16H,15H2,1-3H3. The summed E-state index contributed by atoms with van der Waals surface area (Å²) in [4.78, 5) is 41.3. The first-order valence-corrected chi connectivity index (χ1v) is 13.4. The highest BCUT2D eigenvalue weighted by Gasteiger charge is 2.22. The van der Waals surface area contributed by atoms with Gasteiger partial charge >= 0.3 is 11.7 Å². The second kappa shape index (κ2) is 11.8. The van der Waals surface area contributed by atoms with Gasteiger partial charge in [0, 0.05) is 11.6 Å². The van der Waals surface area contributed by atoms with E-state index in [1.807, 2.05) is 0 Å². The minimum absolute atomic E-state index is 0.116. The maximum Gasteiger partial charge on any atom is 0.344 e. The lowest BCUT2D eigenvalue weighted by molar-refractivity contribution is -0.385. The number of carbonyl (C=O) groups is 1. The molecular weight excluding hydrogens is 612 g/mol. The third-order valence-electron chi connectivity index (χ3n) is 5.98. The Balaban J connectivity index is 1.59. The molecule has 0 N–H and O–H groups in total. The highest BCUT2D eigenvalue weighted by Crippen LogP contribution is 2.36. The van der Waals surface area contributed by atoms with Crippen LogP contribution in [0.3, 0.4) is 0 Å². The number of furan rings is 1. The number of ether oxygens (including phenoxy) is 3. The van der Waals surface area contributed by atoms with Crippen molar-refractivity contribution in [3.8, 4) is 23.1 Å². The Hall–Kier alpha value is -5.04. The van der Waals surface area contributed by atoms with Crippen LogP contribution in [0.15, 0.2) is 79.4 Å². The Morgan fingerprint density at radius 2 is 1.95 bits per heavy atom. The number of halogens is 1. The van der Waals surface area contributed by atoms with Crippen LogP contribution < -0.4 is 15.0 Å². The molecular formula is C29H23BrN4O8. The van der Waals surface area contributed by atoms with E-state index in [-0.39, 0.29) is 33.5 Å². The second-order valence-electron chi connectivity index (χ2n) is 9.23. The number of nitro benzene ring substituents is 1. The molecule has 3 aromatic carbocycles. The van der Waals surface area contributed by atoms with Crippen molar-refractivity contribution in [3.05, 3.63) is 91.2 Å². The summed E-state index contributed by atoms with van der Waals surface area (Å²) in [6.45, 7) is 2.84. The normalized spacial score (nSPS) is 11.5. The van der Waals surface area contributed by atoms with Crippen LogP contribution in [0.4, 0.5) is 5.69 Å². The summed E-state index contributed by atoms with van der Waals surface area (Å²) in [6, 6.07) is 16.5. The summed E-state index contributed by atoms with van der Waals surface area (Å²) in [7, 11) is 1.54. The molecule has 0 unspecified atom stereocenters. The molecule has 0 atom stereocenters. The highest BCUT2D eigenvalue weighted by atomic mass is 79.9. The van der Waals surface area contributed by atoms with Crippen LogP contribution >= 0.6 is 15.9 Å². The Morgan fingerprint density at radius 1 is 1.17 bits per heavy atom. The number of hydrogen-bond donors (Lipinski definition) is 0. The fraction of sp³-hybridized carbons (Fsp3) is 0.172. The molecule has 0 radical (unpaired) electrons. The molecule has 5 rings (SSSR count). The molecule has 0 spiro atoms. The van der Waals surface area contributed by atoms with E-state index in [0.29, 0.717) is 27.6 Å². The van der Waals surface area contributed by atoms with Gasteiger partial charge in [-0.25, -0.2) is 9.78 Å². The van der Waals surface area contributed by atoms with Crippen molar-refractivity contribution < 1.29 is 28.3 Å². The molecule has 0 aliphatic carbocycles. The number of rotatable bonds is 9. The average molecular weight is 635 g/mol. The lowest BCUT2D eigenvalue weighted by Gasteiger charge is -2.11. The largest absolute Gasteiger partial charge is 0.496 e. The molecule has 0 fully saturated rings. The molecule has 0 amide bonds. The zero-order valence-corrected chi connectivity index (χ0v) is 24.2. The Labute approximate surface area is 246 Å². The van der Waals surface area contributed by atoms with Gasteiger partial charge in [-0.2, -0.15) is 9.78 Å². The van der Waals surface area contributed by atoms with Crippen LogP contribution in [-0.2, 0) is 9.53 Å². The Bertz CT molecular complexity index is 1930. The first-order chi connectivity index (χ1) is 20.2. The first kappa shape index (κ1) is 28.5. The smallest absolute Gasteiger partial charge is 0.344 e. The first-order valence-electron chi connectivity index (χ1n) is 12.6. The van der Waals surface area contributed by atoms with E-state index in [2.05, 4.69) is 26.0 Å². The van der Waals surface area contributed by atoms with Gasteiger partial charge in [-0.05, 0) is 66.2 Å². The van der Waals surface area contributed by atoms with E-state index >= 15 is 0 Å². The predicted octanol–water partition coefficient (Wildman–Crippen LogP) is 5.70. The maximum absolute atomic E-state index is 13.6. The number of nitrogens with zero attached hydrogens (tertiary/aromatic N) is 4. The molecule has 0 saturated heterocycles. The summed E-state index contributed by atoms with van der Waals surface area (Å²) < 4.78 is 23.1. The highest BCUT2D eigenvalue weighted by molar-refractivity contribution is 9.10. The number of fused-ring (bicyclic) bond motifs is 2. The van der Waals surface area contributed by atoms with Gasteiger partial charge in [0.1, 0.15) is 11.3 Å². The molecule has 13 heteroatoms. The molecule has 5 aromatic rings. The summed E-state index contributed by atoms with van der Waals surface area (Å²) in [5.41, 5.74) is 0.332. The summed E-state index contributed by atoms with van der Waals surface area (Å²) in [6.07, 6.45) is 0.914. The van der Waals surface area contributed by atoms with Crippen LogP contribution in [0.1, 0.15) is 19.4 Å². The number of carbonyl (C=O) groups excluding carboxylic acids is 1. The van der Waals surface area contributed by atoms with Crippen LogP contribution in [0.25, 0.3) is 33.5 Å². The fourth-order valence-corrected chi connectivity index (χ4v) is 4.80. The van der Waals surface area contributed by atoms with Crippen LogP contribution in [0, 0.1) is 10.1 Å². The second-order valence-corrected chi connectivity index (χ2v) is 10.1. The topological polar surface area (TPSA) is 148 Å². The van der Waals surface area contributed by atoms with Gasteiger partial charge in [-0.3, -0.25) is 14.9 Å². The van der Waals surface area contributed by atoms with E-state index in [1.165, 1.54) is 18.3 Å². The molecule has 2 heterocycles. The monoisotopic (exact) mass is 634 g/mol. The molecule has 214 valence electrons. The van der Waals surface area contributed by atoms with Crippen molar-refractivity contribution in [3.63, 3.8) is 0 Å². The quantitative estimate of drug-likeness (QED) is 0.0861. The van der Waals surface area contributed by atoms with Crippen LogP contribution in [0.2, 0.25) is 0 Å². The van der Waals surface area contributed by atoms with Crippen molar-refractivity contribution in [1.29, 1.82) is 0 Å². The third-order valence-corrected chi connectivity index (χ3v) is 6.57. The fourth-order valence-electron chi connectivity index (χ4n) is 4.22. The van der Waals surface area contributed by atoms with Crippen molar-refractivity contribution in [2.45, 2.75) is 20.0 Å². The van der Waals surface area contributed by atoms with Gasteiger partial charge in [0.2, 0.25) is 11.6 Å². The number of aromatic nitrogens is 2. The van der Waals surface area contributed by atoms with Gasteiger partial charge in [0.05, 0.1) is 45.1 Å². The Kier molecular flexibility index (Phi) is 8.02. The van der Waals surface area contributed by atoms with E-state index in [1.54, 1.807) is 69.5 Å². The lowest BCUT2D eigenvalue weighted by atomic mass is 10.2. The summed E-state index contributed by atoms with van der Waals surface area (Å²) in [5, 5.41) is 17.2. The zero-order valence-electron chi connectivity index (χ0n) is 22.6. The minimum atomic E-state index is -0.671. The van der Waals surface area contributed by atoms with Crippen molar-refractivity contribution in [2.24, 2.45) is 5.10 Å². The molecule has 0 saturated carbocycles. The van der Waals surface area contributed by atoms with Gasteiger partial charge < -0.3 is 18.6 Å². The summed E-state index contributed by atoms with van der Waals surface area (Å²) >= 11 is 3.27. The van der Waals surface area contributed by atoms with E-state index in [9.17, 15) is 19.7 Å². The van der Waals surface area contributed by atoms with Crippen LogP contribution in [-0.4, -0.2) is 46.6 Å². The zero-order chi connectivity index (χ0) is 30.0. The van der Waals surface area contributed by atoms with Crippen molar-refractivity contribution >= 4 is 55.7 Å². The number of hydrogen-bond acceptors (Lipinski definition) is 10. The van der Waals surface area contributed by atoms with Gasteiger partial charge in [-0.1, -0.05) is 18.2 Å². The number of methoxy groups -OCH3 is 1. The van der Waals surface area contributed by atoms with E-state index in [4.69, 9.17) is 18.6 Å². The minimum Gasteiger partial charge on any atom is -0.496 e. The summed E-state index contributed by atoms with van der Waals surface area (Å²) in [5.74, 6) is 0.136. The van der Waals surface area contributed by atoms with Crippen molar-refractivity contribution in [2.75, 3.05) is 13.7 Å². The van der Waals surface area contributed by atoms with Gasteiger partial charge in [0.15, 0.2) is 12.4 Å².